The number of benzene rings is 2. The number of carbonyl (C=O) groups excluding carboxylic acids is 1. The number of amides is 1. The number of hydrogen-bond donors (Lipinski definition) is 3. The zero-order valence-corrected chi connectivity index (χ0v) is 19.0. The second-order valence-corrected chi connectivity index (χ2v) is 9.63. The number of rotatable bonds is 2. The molecule has 1 fully saturated rings. The van der Waals surface area contributed by atoms with Gasteiger partial charge in [-0.1, -0.05) is 23.7 Å². The summed E-state index contributed by atoms with van der Waals surface area (Å²) >= 11 is 5.99. The van der Waals surface area contributed by atoms with Crippen molar-refractivity contribution in [2.75, 3.05) is 13.1 Å². The Balaban J connectivity index is 1.26. The maximum Gasteiger partial charge on any atom is 0.253 e. The molecule has 1 saturated heterocycles. The first-order valence-electron chi connectivity index (χ1n) is 11.5. The Bertz CT molecular complexity index is 1350. The molecule has 6 rings (SSSR count). The number of aliphatic hydroxyl groups is 1. The predicted octanol–water partition coefficient (Wildman–Crippen LogP) is 4.82. The third-order valence-corrected chi connectivity index (χ3v) is 7.51. The lowest BCUT2D eigenvalue weighted by atomic mass is 9.84. The molecule has 7 heteroatoms. The van der Waals surface area contributed by atoms with Crippen LogP contribution in [0.5, 0.6) is 0 Å². The first-order valence-corrected chi connectivity index (χ1v) is 11.8. The van der Waals surface area contributed by atoms with Gasteiger partial charge in [0.15, 0.2) is 0 Å². The third kappa shape index (κ3) is 3.45. The molecule has 0 radical (unpaired) electrons. The molecule has 0 spiro atoms. The number of H-pyrrole nitrogens is 2. The Labute approximate surface area is 196 Å². The van der Waals surface area contributed by atoms with Gasteiger partial charge in [0.2, 0.25) is 0 Å². The molecule has 2 aromatic heterocycles. The molecule has 3 N–H and O–H groups in total. The molecule has 0 saturated carbocycles. The second kappa shape index (κ2) is 7.75. The maximum absolute atomic E-state index is 13.4. The highest BCUT2D eigenvalue weighted by Gasteiger charge is 2.35. The zero-order valence-electron chi connectivity index (χ0n) is 18.2. The highest BCUT2D eigenvalue weighted by molar-refractivity contribution is 6.30. The number of likely N-dealkylation sites (tertiary alicyclic amines) is 1. The highest BCUT2D eigenvalue weighted by Crippen LogP contribution is 2.37. The van der Waals surface area contributed by atoms with Crippen molar-refractivity contribution < 1.29 is 9.90 Å². The van der Waals surface area contributed by atoms with E-state index >= 15 is 0 Å². The van der Waals surface area contributed by atoms with Crippen LogP contribution in [0.4, 0.5) is 0 Å². The number of nitrogens with zero attached hydrogens (tertiary/aromatic N) is 2. The molecule has 0 unspecified atom stereocenters. The summed E-state index contributed by atoms with van der Waals surface area (Å²) in [5.74, 6) is 0.0147. The number of fused-ring (bicyclic) bond motifs is 5. The van der Waals surface area contributed by atoms with Crippen LogP contribution in [-0.2, 0) is 18.4 Å². The maximum atomic E-state index is 13.4. The number of aryl methyl sites for hydroxylation is 2. The summed E-state index contributed by atoms with van der Waals surface area (Å²) in [7, 11) is 0. The van der Waals surface area contributed by atoms with E-state index in [1.54, 1.807) is 12.1 Å². The summed E-state index contributed by atoms with van der Waals surface area (Å²) in [6.07, 6.45) is 5.94. The smallest absolute Gasteiger partial charge is 0.253 e. The van der Waals surface area contributed by atoms with Crippen molar-refractivity contribution in [2.24, 2.45) is 0 Å². The zero-order chi connectivity index (χ0) is 22.6. The first kappa shape index (κ1) is 20.5. The number of aromatic nitrogens is 3. The van der Waals surface area contributed by atoms with Gasteiger partial charge in [0, 0.05) is 34.6 Å². The van der Waals surface area contributed by atoms with Crippen LogP contribution in [0.2, 0.25) is 5.02 Å². The van der Waals surface area contributed by atoms with Crippen LogP contribution in [0.15, 0.2) is 48.7 Å². The summed E-state index contributed by atoms with van der Waals surface area (Å²) < 4.78 is 0. The molecule has 4 aromatic rings. The van der Waals surface area contributed by atoms with Crippen LogP contribution in [0.25, 0.3) is 22.3 Å². The normalized spacial score (nSPS) is 17.5. The Hall–Kier alpha value is -3.09. The van der Waals surface area contributed by atoms with Gasteiger partial charge < -0.3 is 15.0 Å². The van der Waals surface area contributed by atoms with Crippen molar-refractivity contribution in [3.63, 3.8) is 0 Å². The molecular weight excluding hydrogens is 436 g/mol. The minimum absolute atomic E-state index is 0.0147. The van der Waals surface area contributed by atoms with E-state index in [0.717, 1.165) is 47.1 Å². The van der Waals surface area contributed by atoms with E-state index in [4.69, 9.17) is 11.6 Å². The molecule has 33 heavy (non-hydrogen) atoms. The number of piperidine rings is 1. The van der Waals surface area contributed by atoms with Crippen LogP contribution < -0.4 is 0 Å². The Morgan fingerprint density at radius 2 is 1.85 bits per heavy atom. The first-order chi connectivity index (χ1) is 16.0. The van der Waals surface area contributed by atoms with Crippen molar-refractivity contribution >= 4 is 28.4 Å². The highest BCUT2D eigenvalue weighted by atomic mass is 35.5. The number of hydrogen-bond acceptors (Lipinski definition) is 3. The summed E-state index contributed by atoms with van der Waals surface area (Å²) in [4.78, 5) is 18.7. The van der Waals surface area contributed by atoms with E-state index in [9.17, 15) is 9.90 Å². The lowest BCUT2D eigenvalue weighted by Crippen LogP contribution is -2.45. The topological polar surface area (TPSA) is 85.0 Å². The lowest BCUT2D eigenvalue weighted by molar-refractivity contribution is -0.0211. The van der Waals surface area contributed by atoms with E-state index < -0.39 is 5.60 Å². The average Bonchev–Trinajstić information content (AvgIpc) is 3.40. The molecule has 3 heterocycles. The fourth-order valence-electron chi connectivity index (χ4n) is 5.34. The standard InChI is InChI=1S/C26H25ClN4O2/c27-19-7-5-18(6-8-19)26(33)10-12-31(13-11-26)25(32)16-4-9-22-21(14-16)20-3-1-2-17-15-28-30-23(17)24(20)29-22/h4-9,14-15,29,33H,1-3,10-13H2,(H,28,30). The van der Waals surface area contributed by atoms with Crippen molar-refractivity contribution in [3.8, 4) is 11.4 Å². The Morgan fingerprint density at radius 1 is 1.06 bits per heavy atom. The Kier molecular flexibility index (Phi) is 4.82. The number of nitrogens with one attached hydrogen (secondary N) is 2. The van der Waals surface area contributed by atoms with E-state index in [2.05, 4.69) is 15.2 Å². The molecule has 0 bridgehead atoms. The minimum Gasteiger partial charge on any atom is -0.385 e. The third-order valence-electron chi connectivity index (χ3n) is 7.25. The fraction of sp³-hybridized carbons (Fsp3) is 0.308. The minimum atomic E-state index is -0.926. The number of carbonyl (C=O) groups is 1. The van der Waals surface area contributed by atoms with Crippen LogP contribution in [0.3, 0.4) is 0 Å². The summed E-state index contributed by atoms with van der Waals surface area (Å²) in [6.45, 7) is 1.03. The van der Waals surface area contributed by atoms with Gasteiger partial charge in [-0.15, -0.1) is 0 Å². The van der Waals surface area contributed by atoms with Crippen LogP contribution in [0.1, 0.15) is 46.3 Å². The van der Waals surface area contributed by atoms with Crippen LogP contribution in [0, 0.1) is 0 Å². The van der Waals surface area contributed by atoms with Gasteiger partial charge in [0.1, 0.15) is 0 Å². The summed E-state index contributed by atoms with van der Waals surface area (Å²) in [5.41, 5.74) is 6.29. The fourth-order valence-corrected chi connectivity index (χ4v) is 5.46. The van der Waals surface area contributed by atoms with E-state index in [-0.39, 0.29) is 5.91 Å². The predicted molar refractivity (Wildman–Crippen MR) is 128 cm³/mol. The second-order valence-electron chi connectivity index (χ2n) is 9.19. The average molecular weight is 461 g/mol. The molecular formula is C26H25ClN4O2. The van der Waals surface area contributed by atoms with Gasteiger partial charge in [-0.05, 0) is 79.1 Å². The monoisotopic (exact) mass is 460 g/mol. The van der Waals surface area contributed by atoms with E-state index in [1.807, 2.05) is 41.4 Å². The van der Waals surface area contributed by atoms with Crippen LogP contribution in [-0.4, -0.2) is 44.2 Å². The van der Waals surface area contributed by atoms with Gasteiger partial charge in [-0.25, -0.2) is 0 Å². The largest absolute Gasteiger partial charge is 0.385 e. The van der Waals surface area contributed by atoms with Crippen molar-refractivity contribution in [2.45, 2.75) is 37.7 Å². The van der Waals surface area contributed by atoms with E-state index in [1.165, 1.54) is 11.1 Å². The number of halogens is 1. The number of aromatic amines is 2. The molecule has 168 valence electrons. The molecule has 1 amide bonds. The van der Waals surface area contributed by atoms with E-state index in [0.29, 0.717) is 36.5 Å². The molecule has 2 aliphatic rings. The molecule has 0 atom stereocenters. The van der Waals surface area contributed by atoms with Gasteiger partial charge in [0.05, 0.1) is 23.2 Å². The molecule has 6 nitrogen and oxygen atoms in total. The van der Waals surface area contributed by atoms with Gasteiger partial charge >= 0.3 is 0 Å². The quantitative estimate of drug-likeness (QED) is 0.400. The van der Waals surface area contributed by atoms with Crippen molar-refractivity contribution in [1.82, 2.24) is 20.1 Å². The molecule has 1 aliphatic heterocycles. The lowest BCUT2D eigenvalue weighted by Gasteiger charge is -2.38. The SMILES string of the molecule is O=C(c1ccc2[nH]c3c(c2c1)CCCc1cn[nH]c1-3)N1CCC(O)(c2ccc(Cl)cc2)CC1. The summed E-state index contributed by atoms with van der Waals surface area (Å²) in [6, 6.07) is 13.3. The molecule has 1 aliphatic carbocycles. The summed E-state index contributed by atoms with van der Waals surface area (Å²) in [5, 5.41) is 20.3. The van der Waals surface area contributed by atoms with Gasteiger partial charge in [-0.2, -0.15) is 5.10 Å². The van der Waals surface area contributed by atoms with Crippen molar-refractivity contribution in [3.05, 3.63) is 75.9 Å². The van der Waals surface area contributed by atoms with Gasteiger partial charge in [0.25, 0.3) is 5.91 Å². The Morgan fingerprint density at radius 3 is 2.64 bits per heavy atom. The van der Waals surface area contributed by atoms with Crippen molar-refractivity contribution in [1.29, 1.82) is 0 Å². The van der Waals surface area contributed by atoms with Gasteiger partial charge in [-0.3, -0.25) is 9.89 Å². The molecule has 2 aromatic carbocycles. The van der Waals surface area contributed by atoms with Crippen LogP contribution >= 0.6 is 11.6 Å².